The van der Waals surface area contributed by atoms with E-state index in [0.717, 1.165) is 42.8 Å². The highest BCUT2D eigenvalue weighted by Gasteiger charge is 2.59. The van der Waals surface area contributed by atoms with Gasteiger partial charge in [-0.05, 0) is 51.2 Å². The van der Waals surface area contributed by atoms with E-state index >= 15 is 0 Å². The molecule has 1 aromatic carbocycles. The van der Waals surface area contributed by atoms with E-state index in [1.54, 1.807) is 0 Å². The van der Waals surface area contributed by atoms with Crippen LogP contribution in [0.25, 0.3) is 0 Å². The van der Waals surface area contributed by atoms with E-state index in [4.69, 9.17) is 4.74 Å². The normalized spacial score (nSPS) is 27.3. The second-order valence-corrected chi connectivity index (χ2v) is 8.37. The summed E-state index contributed by atoms with van der Waals surface area (Å²) in [5.41, 5.74) is 0.642. The van der Waals surface area contributed by atoms with E-state index < -0.39 is 0 Å². The van der Waals surface area contributed by atoms with Crippen LogP contribution in [-0.4, -0.2) is 49.1 Å². The lowest BCUT2D eigenvalue weighted by molar-refractivity contribution is -0.923. The number of benzene rings is 1. The average molecular weight is 510 g/mol. The number of halogens is 1. The Labute approximate surface area is 190 Å². The molecule has 1 saturated carbocycles. The molecular formula is C23H31IN2O3. The Morgan fingerprint density at radius 2 is 1.59 bits per heavy atom. The van der Waals surface area contributed by atoms with Gasteiger partial charge in [0.15, 0.2) is 0 Å². The van der Waals surface area contributed by atoms with Gasteiger partial charge in [-0.25, -0.2) is 4.90 Å². The lowest BCUT2D eigenvalue weighted by Crippen LogP contribution is -3.00. The maximum atomic E-state index is 13.0. The zero-order valence-electron chi connectivity index (χ0n) is 17.5. The number of carbonyl (C=O) groups is 2. The topological polar surface area (TPSA) is 46.6 Å². The number of likely N-dealkylation sites (N-methyl/N-ethyl adjacent to an activating group) is 1. The third kappa shape index (κ3) is 3.74. The van der Waals surface area contributed by atoms with Crippen LogP contribution in [0.2, 0.25) is 0 Å². The molecule has 1 saturated heterocycles. The summed E-state index contributed by atoms with van der Waals surface area (Å²) in [6.45, 7) is 11.5. The van der Waals surface area contributed by atoms with Crippen molar-refractivity contribution in [3.63, 3.8) is 0 Å². The van der Waals surface area contributed by atoms with Gasteiger partial charge in [-0.15, -0.1) is 0 Å². The van der Waals surface area contributed by atoms with Crippen molar-refractivity contribution >= 4 is 17.5 Å². The first-order chi connectivity index (χ1) is 13.5. The standard InChI is InChI=1S/C23H31N2O3.HI/c1-4-25(5-2,6-3)12-13-28-19-9-7-8-18(15-19)24-22(26)20-16-10-11-17(14-16)21(20)23(24)27;/h7-11,15-17,20-21H,4-6,12-14H2,1-3H3;1H/q+1;/p-1. The number of hydrogen-bond acceptors (Lipinski definition) is 3. The van der Waals surface area contributed by atoms with Crippen LogP contribution in [0, 0.1) is 23.7 Å². The first kappa shape index (κ1) is 22.3. The second-order valence-electron chi connectivity index (χ2n) is 8.37. The molecule has 1 aliphatic heterocycles. The maximum Gasteiger partial charge on any atom is 0.238 e. The lowest BCUT2D eigenvalue weighted by atomic mass is 9.85. The molecule has 3 aliphatic rings. The van der Waals surface area contributed by atoms with Gasteiger partial charge in [0.25, 0.3) is 0 Å². The Morgan fingerprint density at radius 3 is 2.14 bits per heavy atom. The molecule has 0 spiro atoms. The third-order valence-corrected chi connectivity index (χ3v) is 7.39. The molecule has 4 rings (SSSR count). The molecule has 6 heteroatoms. The summed E-state index contributed by atoms with van der Waals surface area (Å²) in [6.07, 6.45) is 5.20. The van der Waals surface area contributed by atoms with Crippen LogP contribution in [0.15, 0.2) is 36.4 Å². The fourth-order valence-electron chi connectivity index (χ4n) is 5.37. The summed E-state index contributed by atoms with van der Waals surface area (Å²) in [7, 11) is 0. The van der Waals surface area contributed by atoms with Crippen molar-refractivity contribution in [1.82, 2.24) is 0 Å². The molecule has 2 aliphatic carbocycles. The molecule has 2 amide bonds. The van der Waals surface area contributed by atoms with Crippen LogP contribution >= 0.6 is 0 Å². The molecule has 1 aromatic rings. The number of fused-ring (bicyclic) bond motifs is 5. The number of hydrogen-bond donors (Lipinski definition) is 0. The molecule has 4 unspecified atom stereocenters. The summed E-state index contributed by atoms with van der Waals surface area (Å²) in [4.78, 5) is 27.4. The van der Waals surface area contributed by atoms with Gasteiger partial charge in [0.2, 0.25) is 11.8 Å². The Kier molecular flexibility index (Phi) is 6.73. The minimum Gasteiger partial charge on any atom is -1.00 e. The van der Waals surface area contributed by atoms with Crippen LogP contribution in [0.1, 0.15) is 27.2 Å². The minimum atomic E-state index is -0.163. The van der Waals surface area contributed by atoms with E-state index in [1.165, 1.54) is 4.90 Å². The Morgan fingerprint density at radius 1 is 1.00 bits per heavy atom. The maximum absolute atomic E-state index is 13.0. The van der Waals surface area contributed by atoms with Crippen molar-refractivity contribution in [2.75, 3.05) is 37.7 Å². The van der Waals surface area contributed by atoms with Crippen molar-refractivity contribution in [1.29, 1.82) is 0 Å². The van der Waals surface area contributed by atoms with Gasteiger partial charge in [0, 0.05) is 6.07 Å². The van der Waals surface area contributed by atoms with Crippen molar-refractivity contribution in [3.05, 3.63) is 36.4 Å². The number of allylic oxidation sites excluding steroid dienone is 2. The van der Waals surface area contributed by atoms with E-state index in [1.807, 2.05) is 24.3 Å². The van der Waals surface area contributed by atoms with Gasteiger partial charge in [0.1, 0.15) is 18.9 Å². The predicted octanol–water partition coefficient (Wildman–Crippen LogP) is 0.257. The highest BCUT2D eigenvalue weighted by molar-refractivity contribution is 6.22. The number of carbonyl (C=O) groups excluding carboxylic acids is 2. The zero-order valence-corrected chi connectivity index (χ0v) is 19.7. The van der Waals surface area contributed by atoms with E-state index in [2.05, 4.69) is 32.9 Å². The summed E-state index contributed by atoms with van der Waals surface area (Å²) < 4.78 is 7.04. The monoisotopic (exact) mass is 510 g/mol. The highest BCUT2D eigenvalue weighted by atomic mass is 127. The number of rotatable bonds is 8. The number of ether oxygens (including phenoxy) is 1. The van der Waals surface area contributed by atoms with E-state index in [0.29, 0.717) is 12.3 Å². The third-order valence-electron chi connectivity index (χ3n) is 7.39. The highest BCUT2D eigenvalue weighted by Crippen LogP contribution is 2.53. The molecule has 29 heavy (non-hydrogen) atoms. The van der Waals surface area contributed by atoms with Gasteiger partial charge in [-0.1, -0.05) is 18.2 Å². The van der Waals surface area contributed by atoms with Crippen LogP contribution < -0.4 is 33.6 Å². The number of anilines is 1. The predicted molar refractivity (Wildman–Crippen MR) is 109 cm³/mol. The summed E-state index contributed by atoms with van der Waals surface area (Å²) >= 11 is 0. The van der Waals surface area contributed by atoms with Gasteiger partial charge in [-0.3, -0.25) is 9.59 Å². The van der Waals surface area contributed by atoms with Crippen LogP contribution in [-0.2, 0) is 9.59 Å². The molecule has 158 valence electrons. The minimum absolute atomic E-state index is 0. The number of quaternary nitrogens is 1. The smallest absolute Gasteiger partial charge is 0.238 e. The Hall–Kier alpha value is -1.41. The average Bonchev–Trinajstić information content (AvgIpc) is 3.40. The largest absolute Gasteiger partial charge is 1.00 e. The second kappa shape index (κ2) is 8.76. The number of imide groups is 1. The molecule has 2 fully saturated rings. The number of amides is 2. The molecule has 5 nitrogen and oxygen atoms in total. The molecule has 0 radical (unpaired) electrons. The summed E-state index contributed by atoms with van der Waals surface area (Å²) in [5.74, 6) is 0.785. The van der Waals surface area contributed by atoms with Crippen LogP contribution in [0.4, 0.5) is 5.69 Å². The quantitative estimate of drug-likeness (QED) is 0.218. The summed E-state index contributed by atoms with van der Waals surface area (Å²) in [6, 6.07) is 7.45. The van der Waals surface area contributed by atoms with E-state index in [-0.39, 0.29) is 59.5 Å². The fraction of sp³-hybridized carbons (Fsp3) is 0.565. The molecule has 1 heterocycles. The first-order valence-corrected chi connectivity index (χ1v) is 10.7. The van der Waals surface area contributed by atoms with Crippen LogP contribution in [0.3, 0.4) is 0 Å². The summed E-state index contributed by atoms with van der Waals surface area (Å²) in [5, 5.41) is 0. The molecule has 0 aromatic heterocycles. The fourth-order valence-corrected chi connectivity index (χ4v) is 5.37. The zero-order chi connectivity index (χ0) is 19.9. The Bertz CT molecular complexity index is 767. The number of nitrogens with zero attached hydrogens (tertiary/aromatic N) is 2. The SMILES string of the molecule is CC[N+](CC)(CC)CCOc1cccc(N2C(=O)C3C4C=CC(C4)C3C2=O)c1.[I-]. The molecular weight excluding hydrogens is 479 g/mol. The van der Waals surface area contributed by atoms with Crippen LogP contribution in [0.5, 0.6) is 5.75 Å². The van der Waals surface area contributed by atoms with Gasteiger partial charge < -0.3 is 33.2 Å². The van der Waals surface area contributed by atoms with Crippen molar-refractivity contribution < 1.29 is 42.8 Å². The molecule has 4 atom stereocenters. The molecule has 2 bridgehead atoms. The Balaban J connectivity index is 0.00000240. The molecule has 0 N–H and O–H groups in total. The van der Waals surface area contributed by atoms with Crippen molar-refractivity contribution in [3.8, 4) is 5.75 Å². The lowest BCUT2D eigenvalue weighted by Gasteiger charge is -2.35. The van der Waals surface area contributed by atoms with Crippen molar-refractivity contribution in [2.24, 2.45) is 23.7 Å². The van der Waals surface area contributed by atoms with Crippen molar-refractivity contribution in [2.45, 2.75) is 27.2 Å². The van der Waals surface area contributed by atoms with Gasteiger partial charge in [0.05, 0.1) is 37.2 Å². The van der Waals surface area contributed by atoms with Gasteiger partial charge in [-0.2, -0.15) is 0 Å². The van der Waals surface area contributed by atoms with Gasteiger partial charge >= 0.3 is 0 Å². The van der Waals surface area contributed by atoms with E-state index in [9.17, 15) is 9.59 Å². The first-order valence-electron chi connectivity index (χ1n) is 10.7.